The number of nitrogens with zero attached hydrogens (tertiary/aromatic N) is 3. The first kappa shape index (κ1) is 35.2. The van der Waals surface area contributed by atoms with Gasteiger partial charge in [-0.3, -0.25) is 0 Å². The first-order valence-electron chi connectivity index (χ1n) is 20.3. The van der Waals surface area contributed by atoms with E-state index < -0.39 is 0 Å². The SMILES string of the molecule is c1ccc(-c2cccc(-c3cc(-c4ccc(-c5ccc(-c6cc(-c7ccccc7)nc7ccc8ccccc8c67)cc5)c5ccccc45)nc(-c4ccccc4)n3)c2)cc1. The lowest BCUT2D eigenvalue weighted by atomic mass is 9.91. The standard InChI is InChI=1S/C57H37N3/c1-4-15-38(16-5-1)44-22-14-23-45(35-44)54-37-55(60-57(59-54)43-20-8-3-9-21-43)50-33-32-46(48-25-12-13-26-49(48)50)40-27-29-41(30-28-40)51-36-53(42-18-6-2-7-19-42)58-52-34-31-39-17-10-11-24-47(39)56(51)52/h1-37H. The Morgan fingerprint density at radius 1 is 0.250 bits per heavy atom. The van der Waals surface area contributed by atoms with Crippen LogP contribution in [-0.2, 0) is 0 Å². The molecule has 280 valence electrons. The van der Waals surface area contributed by atoms with Crippen molar-refractivity contribution in [3.05, 3.63) is 224 Å². The van der Waals surface area contributed by atoms with Gasteiger partial charge in [0.15, 0.2) is 5.82 Å². The van der Waals surface area contributed by atoms with Gasteiger partial charge in [0.2, 0.25) is 0 Å². The molecule has 3 heteroatoms. The number of fused-ring (bicyclic) bond motifs is 4. The Morgan fingerprint density at radius 3 is 1.52 bits per heavy atom. The smallest absolute Gasteiger partial charge is 0.160 e. The highest BCUT2D eigenvalue weighted by atomic mass is 14.9. The Bertz CT molecular complexity index is 3340. The molecule has 0 unspecified atom stereocenters. The van der Waals surface area contributed by atoms with E-state index >= 15 is 0 Å². The summed E-state index contributed by atoms with van der Waals surface area (Å²) in [7, 11) is 0. The van der Waals surface area contributed by atoms with Gasteiger partial charge in [-0.05, 0) is 79.2 Å². The number of hydrogen-bond acceptors (Lipinski definition) is 3. The third-order valence-electron chi connectivity index (χ3n) is 11.5. The van der Waals surface area contributed by atoms with Crippen molar-refractivity contribution < 1.29 is 0 Å². The normalized spacial score (nSPS) is 11.3. The molecule has 0 spiro atoms. The Kier molecular flexibility index (Phi) is 8.83. The molecule has 2 heterocycles. The van der Waals surface area contributed by atoms with Crippen LogP contribution < -0.4 is 0 Å². The van der Waals surface area contributed by atoms with E-state index in [0.29, 0.717) is 5.82 Å². The van der Waals surface area contributed by atoms with Gasteiger partial charge in [0.1, 0.15) is 0 Å². The molecule has 0 radical (unpaired) electrons. The summed E-state index contributed by atoms with van der Waals surface area (Å²) in [6.07, 6.45) is 0. The van der Waals surface area contributed by atoms with E-state index in [1.807, 2.05) is 30.3 Å². The van der Waals surface area contributed by atoms with Gasteiger partial charge in [0, 0.05) is 27.6 Å². The van der Waals surface area contributed by atoms with E-state index in [0.717, 1.165) is 66.9 Å². The van der Waals surface area contributed by atoms with Crippen molar-refractivity contribution >= 4 is 32.4 Å². The van der Waals surface area contributed by atoms with Crippen LogP contribution in [0.1, 0.15) is 0 Å². The van der Waals surface area contributed by atoms with Gasteiger partial charge in [0.25, 0.3) is 0 Å². The minimum absolute atomic E-state index is 0.698. The number of aromatic nitrogens is 3. The summed E-state index contributed by atoms with van der Waals surface area (Å²) in [5.41, 5.74) is 14.9. The second-order valence-electron chi connectivity index (χ2n) is 15.2. The molecule has 0 fully saturated rings. The lowest BCUT2D eigenvalue weighted by molar-refractivity contribution is 1.18. The topological polar surface area (TPSA) is 38.7 Å². The molecule has 0 aliphatic heterocycles. The Labute approximate surface area is 349 Å². The second-order valence-corrected chi connectivity index (χ2v) is 15.2. The summed E-state index contributed by atoms with van der Waals surface area (Å²) in [5, 5.41) is 5.88. The van der Waals surface area contributed by atoms with Crippen LogP contribution in [0.5, 0.6) is 0 Å². The van der Waals surface area contributed by atoms with Gasteiger partial charge in [-0.2, -0.15) is 0 Å². The van der Waals surface area contributed by atoms with Crippen LogP contribution in [0.3, 0.4) is 0 Å². The zero-order chi connectivity index (χ0) is 39.8. The fourth-order valence-corrected chi connectivity index (χ4v) is 8.53. The van der Waals surface area contributed by atoms with Crippen molar-refractivity contribution in [2.75, 3.05) is 0 Å². The highest BCUT2D eigenvalue weighted by Gasteiger charge is 2.17. The van der Waals surface area contributed by atoms with Crippen LogP contribution >= 0.6 is 0 Å². The largest absolute Gasteiger partial charge is 0.248 e. The maximum atomic E-state index is 5.24. The maximum Gasteiger partial charge on any atom is 0.160 e. The van der Waals surface area contributed by atoms with Crippen LogP contribution in [-0.4, -0.2) is 15.0 Å². The summed E-state index contributed by atoms with van der Waals surface area (Å²) >= 11 is 0. The maximum absolute atomic E-state index is 5.24. The molecule has 60 heavy (non-hydrogen) atoms. The van der Waals surface area contributed by atoms with E-state index in [1.54, 1.807) is 0 Å². The summed E-state index contributed by atoms with van der Waals surface area (Å²) in [6, 6.07) is 79.3. The second kappa shape index (κ2) is 15.1. The summed E-state index contributed by atoms with van der Waals surface area (Å²) < 4.78 is 0. The highest BCUT2D eigenvalue weighted by Crippen LogP contribution is 2.40. The molecule has 2 aromatic heterocycles. The van der Waals surface area contributed by atoms with E-state index in [-0.39, 0.29) is 0 Å². The fraction of sp³-hybridized carbons (Fsp3) is 0. The van der Waals surface area contributed by atoms with Gasteiger partial charge in [0.05, 0.1) is 22.6 Å². The average Bonchev–Trinajstić information content (AvgIpc) is 3.34. The van der Waals surface area contributed by atoms with Crippen LogP contribution in [0.2, 0.25) is 0 Å². The highest BCUT2D eigenvalue weighted by molar-refractivity contribution is 6.14. The molecule has 11 rings (SSSR count). The molecule has 0 saturated carbocycles. The van der Waals surface area contributed by atoms with Crippen molar-refractivity contribution in [3.8, 4) is 78.5 Å². The summed E-state index contributed by atoms with van der Waals surface area (Å²) in [6.45, 7) is 0. The molecule has 9 aromatic carbocycles. The van der Waals surface area contributed by atoms with Gasteiger partial charge in [-0.25, -0.2) is 15.0 Å². The summed E-state index contributed by atoms with van der Waals surface area (Å²) in [5.74, 6) is 0.698. The molecule has 0 aliphatic rings. The molecule has 3 nitrogen and oxygen atoms in total. The van der Waals surface area contributed by atoms with E-state index in [9.17, 15) is 0 Å². The minimum atomic E-state index is 0.698. The predicted octanol–water partition coefficient (Wildman–Crippen LogP) is 15.0. The van der Waals surface area contributed by atoms with E-state index in [1.165, 1.54) is 38.2 Å². The predicted molar refractivity (Wildman–Crippen MR) is 250 cm³/mol. The lowest BCUT2D eigenvalue weighted by Crippen LogP contribution is -1.97. The van der Waals surface area contributed by atoms with Gasteiger partial charge in [-0.15, -0.1) is 0 Å². The first-order chi connectivity index (χ1) is 29.7. The van der Waals surface area contributed by atoms with Crippen molar-refractivity contribution in [2.24, 2.45) is 0 Å². The van der Waals surface area contributed by atoms with Crippen LogP contribution in [0.25, 0.3) is 111 Å². The van der Waals surface area contributed by atoms with Crippen LogP contribution in [0.15, 0.2) is 224 Å². The number of rotatable bonds is 7. The minimum Gasteiger partial charge on any atom is -0.248 e. The molecular formula is C57H37N3. The molecule has 0 amide bonds. The Morgan fingerprint density at radius 2 is 0.783 bits per heavy atom. The number of pyridine rings is 1. The molecule has 0 atom stereocenters. The third-order valence-corrected chi connectivity index (χ3v) is 11.5. The molecular weight excluding hydrogens is 727 g/mol. The fourth-order valence-electron chi connectivity index (χ4n) is 8.53. The molecule has 11 aromatic rings. The Hall–Kier alpha value is -8.01. The number of benzene rings is 9. The first-order valence-corrected chi connectivity index (χ1v) is 20.3. The molecule has 0 N–H and O–H groups in total. The average molecular weight is 764 g/mol. The van der Waals surface area contributed by atoms with Crippen molar-refractivity contribution in [1.82, 2.24) is 15.0 Å². The van der Waals surface area contributed by atoms with Crippen molar-refractivity contribution in [1.29, 1.82) is 0 Å². The zero-order valence-corrected chi connectivity index (χ0v) is 32.7. The van der Waals surface area contributed by atoms with E-state index in [2.05, 4.69) is 194 Å². The molecule has 0 aliphatic carbocycles. The van der Waals surface area contributed by atoms with Crippen LogP contribution in [0, 0.1) is 0 Å². The van der Waals surface area contributed by atoms with Crippen molar-refractivity contribution in [3.63, 3.8) is 0 Å². The van der Waals surface area contributed by atoms with Crippen LogP contribution in [0.4, 0.5) is 0 Å². The quantitative estimate of drug-likeness (QED) is 0.152. The lowest BCUT2D eigenvalue weighted by Gasteiger charge is -2.15. The van der Waals surface area contributed by atoms with E-state index in [4.69, 9.17) is 15.0 Å². The molecule has 0 saturated heterocycles. The zero-order valence-electron chi connectivity index (χ0n) is 32.7. The molecule has 0 bridgehead atoms. The van der Waals surface area contributed by atoms with Crippen molar-refractivity contribution in [2.45, 2.75) is 0 Å². The monoisotopic (exact) mass is 763 g/mol. The van der Waals surface area contributed by atoms with Gasteiger partial charge < -0.3 is 0 Å². The van der Waals surface area contributed by atoms with Gasteiger partial charge >= 0.3 is 0 Å². The van der Waals surface area contributed by atoms with Gasteiger partial charge in [-0.1, -0.05) is 200 Å². The third kappa shape index (κ3) is 6.49. The Balaban J connectivity index is 1.03. The number of hydrogen-bond donors (Lipinski definition) is 0. The summed E-state index contributed by atoms with van der Waals surface area (Å²) in [4.78, 5) is 15.6.